The summed E-state index contributed by atoms with van der Waals surface area (Å²) < 4.78 is 1.03. The molecule has 2 heterocycles. The van der Waals surface area contributed by atoms with Crippen molar-refractivity contribution in [2.45, 2.75) is 12.8 Å². The van der Waals surface area contributed by atoms with E-state index in [1.165, 1.54) is 0 Å². The molecular formula is C23H23BrN2O2. The summed E-state index contributed by atoms with van der Waals surface area (Å²) in [6.07, 6.45) is 5.45. The molecule has 28 heavy (non-hydrogen) atoms. The molecule has 2 amide bonds. The highest BCUT2D eigenvalue weighted by molar-refractivity contribution is 9.10. The third-order valence-electron chi connectivity index (χ3n) is 5.78. The van der Waals surface area contributed by atoms with E-state index in [4.69, 9.17) is 0 Å². The average Bonchev–Trinajstić information content (AvgIpc) is 2.71. The molecule has 5 heteroatoms. The molecule has 2 saturated heterocycles. The number of carbonyl (C=O) groups excluding carboxylic acids is 2. The Kier molecular flexibility index (Phi) is 5.36. The fourth-order valence-electron chi connectivity index (χ4n) is 4.03. The van der Waals surface area contributed by atoms with Gasteiger partial charge in [-0.2, -0.15) is 0 Å². The van der Waals surface area contributed by atoms with E-state index in [1.807, 2.05) is 70.5 Å². The number of hydrogen-bond acceptors (Lipinski definition) is 2. The van der Waals surface area contributed by atoms with Crippen molar-refractivity contribution in [2.75, 3.05) is 26.2 Å². The lowest BCUT2D eigenvalue weighted by Crippen LogP contribution is -2.62. The Labute approximate surface area is 174 Å². The zero-order chi connectivity index (χ0) is 19.6. The fraction of sp³-hybridized carbons (Fsp3) is 0.304. The van der Waals surface area contributed by atoms with Crippen molar-refractivity contribution in [1.82, 2.24) is 9.80 Å². The Morgan fingerprint density at radius 3 is 2.18 bits per heavy atom. The van der Waals surface area contributed by atoms with Crippen LogP contribution in [0.1, 0.15) is 28.8 Å². The van der Waals surface area contributed by atoms with E-state index in [2.05, 4.69) is 15.9 Å². The quantitative estimate of drug-likeness (QED) is 0.672. The van der Waals surface area contributed by atoms with Crippen molar-refractivity contribution in [3.8, 4) is 0 Å². The number of amides is 2. The highest BCUT2D eigenvalue weighted by atomic mass is 79.9. The molecule has 0 radical (unpaired) electrons. The molecule has 2 aliphatic heterocycles. The Hall–Kier alpha value is -2.40. The summed E-state index contributed by atoms with van der Waals surface area (Å²) in [5.74, 6) is 0.177. The second-order valence-electron chi connectivity index (χ2n) is 7.74. The number of nitrogens with zero attached hydrogens (tertiary/aromatic N) is 2. The topological polar surface area (TPSA) is 40.6 Å². The van der Waals surface area contributed by atoms with Crippen LogP contribution in [-0.2, 0) is 4.79 Å². The molecule has 0 atom stereocenters. The lowest BCUT2D eigenvalue weighted by Gasteiger charge is -2.53. The van der Waals surface area contributed by atoms with Gasteiger partial charge in [-0.3, -0.25) is 9.59 Å². The molecule has 1 spiro atoms. The van der Waals surface area contributed by atoms with Gasteiger partial charge in [-0.1, -0.05) is 46.3 Å². The molecule has 0 aliphatic carbocycles. The smallest absolute Gasteiger partial charge is 0.253 e. The van der Waals surface area contributed by atoms with Crippen molar-refractivity contribution in [3.05, 3.63) is 76.3 Å². The maximum atomic E-state index is 12.5. The number of benzene rings is 2. The van der Waals surface area contributed by atoms with Gasteiger partial charge in [-0.25, -0.2) is 0 Å². The highest BCUT2D eigenvalue weighted by Gasteiger charge is 2.47. The van der Waals surface area contributed by atoms with E-state index in [-0.39, 0.29) is 17.2 Å². The minimum atomic E-state index is 0.0642. The first-order chi connectivity index (χ1) is 13.5. The van der Waals surface area contributed by atoms with E-state index in [0.29, 0.717) is 0 Å². The predicted octanol–water partition coefficient (Wildman–Crippen LogP) is 4.23. The van der Waals surface area contributed by atoms with Gasteiger partial charge in [0.25, 0.3) is 5.91 Å². The van der Waals surface area contributed by atoms with Gasteiger partial charge in [0, 0.05) is 47.7 Å². The zero-order valence-electron chi connectivity index (χ0n) is 15.7. The van der Waals surface area contributed by atoms with Crippen LogP contribution in [0, 0.1) is 5.41 Å². The van der Waals surface area contributed by atoms with Crippen LogP contribution in [0.15, 0.2) is 65.1 Å². The summed E-state index contributed by atoms with van der Waals surface area (Å²) in [6.45, 7) is 3.13. The summed E-state index contributed by atoms with van der Waals surface area (Å²) >= 11 is 3.41. The second-order valence-corrected chi connectivity index (χ2v) is 8.65. The fourth-order valence-corrected chi connectivity index (χ4v) is 4.30. The van der Waals surface area contributed by atoms with Crippen molar-refractivity contribution in [2.24, 2.45) is 5.41 Å². The molecule has 4 rings (SSSR count). The molecule has 0 unspecified atom stereocenters. The Bertz CT molecular complexity index is 877. The second kappa shape index (κ2) is 7.92. The summed E-state index contributed by atoms with van der Waals surface area (Å²) in [5.41, 5.74) is 1.96. The third-order valence-corrected chi connectivity index (χ3v) is 6.31. The van der Waals surface area contributed by atoms with Crippen molar-refractivity contribution < 1.29 is 9.59 Å². The molecule has 144 valence electrons. The van der Waals surface area contributed by atoms with Crippen LogP contribution in [0.25, 0.3) is 6.08 Å². The number of carbonyl (C=O) groups is 2. The summed E-state index contributed by atoms with van der Waals surface area (Å²) in [7, 11) is 0. The molecule has 2 aliphatic rings. The van der Waals surface area contributed by atoms with Crippen molar-refractivity contribution in [3.63, 3.8) is 0 Å². The van der Waals surface area contributed by atoms with Gasteiger partial charge in [0.05, 0.1) is 0 Å². The highest BCUT2D eigenvalue weighted by Crippen LogP contribution is 2.41. The SMILES string of the molecule is O=C(/C=C/c1ccc(Br)cc1)N1CCC2(CC1)CN(C(=O)c1ccccc1)C2. The molecule has 0 bridgehead atoms. The van der Waals surface area contributed by atoms with Gasteiger partial charge < -0.3 is 9.80 Å². The molecule has 0 N–H and O–H groups in total. The monoisotopic (exact) mass is 438 g/mol. The summed E-state index contributed by atoms with van der Waals surface area (Å²) in [5, 5.41) is 0. The van der Waals surface area contributed by atoms with E-state index in [1.54, 1.807) is 6.08 Å². The van der Waals surface area contributed by atoms with Crippen molar-refractivity contribution in [1.29, 1.82) is 0 Å². The maximum absolute atomic E-state index is 12.5. The minimum Gasteiger partial charge on any atom is -0.339 e. The number of piperidine rings is 1. The lowest BCUT2D eigenvalue weighted by atomic mass is 9.71. The zero-order valence-corrected chi connectivity index (χ0v) is 17.3. The summed E-state index contributed by atoms with van der Waals surface area (Å²) in [4.78, 5) is 28.8. The molecule has 2 aromatic rings. The normalized spacial score (nSPS) is 18.3. The first kappa shape index (κ1) is 18.9. The Morgan fingerprint density at radius 2 is 1.54 bits per heavy atom. The van der Waals surface area contributed by atoms with Crippen LogP contribution < -0.4 is 0 Å². The van der Waals surface area contributed by atoms with E-state index < -0.39 is 0 Å². The standard InChI is InChI=1S/C23H23BrN2O2/c24-20-9-6-18(7-10-20)8-11-21(27)25-14-12-23(13-15-25)16-26(17-23)22(28)19-4-2-1-3-5-19/h1-11H,12-17H2/b11-8+. The first-order valence-corrected chi connectivity index (χ1v) is 10.4. The Morgan fingerprint density at radius 1 is 0.893 bits per heavy atom. The van der Waals surface area contributed by atoms with Gasteiger partial charge in [0.2, 0.25) is 5.91 Å². The van der Waals surface area contributed by atoms with Gasteiger partial charge in [-0.15, -0.1) is 0 Å². The van der Waals surface area contributed by atoms with Crippen LogP contribution in [0.4, 0.5) is 0 Å². The van der Waals surface area contributed by atoms with Gasteiger partial charge in [0.1, 0.15) is 0 Å². The number of rotatable bonds is 3. The van der Waals surface area contributed by atoms with E-state index >= 15 is 0 Å². The molecule has 2 aromatic carbocycles. The number of likely N-dealkylation sites (tertiary alicyclic amines) is 2. The number of hydrogen-bond donors (Lipinski definition) is 0. The Balaban J connectivity index is 1.27. The van der Waals surface area contributed by atoms with E-state index in [0.717, 1.165) is 54.6 Å². The average molecular weight is 439 g/mol. The molecule has 4 nitrogen and oxygen atoms in total. The first-order valence-electron chi connectivity index (χ1n) is 9.62. The van der Waals surface area contributed by atoms with Crippen LogP contribution >= 0.6 is 15.9 Å². The van der Waals surface area contributed by atoms with Crippen LogP contribution in [0.2, 0.25) is 0 Å². The van der Waals surface area contributed by atoms with Crippen LogP contribution in [0.3, 0.4) is 0 Å². The molecule has 0 aromatic heterocycles. The molecule has 2 fully saturated rings. The van der Waals surface area contributed by atoms with Gasteiger partial charge >= 0.3 is 0 Å². The van der Waals surface area contributed by atoms with Crippen molar-refractivity contribution >= 4 is 33.8 Å². The largest absolute Gasteiger partial charge is 0.339 e. The molecule has 0 saturated carbocycles. The van der Waals surface area contributed by atoms with Crippen LogP contribution in [-0.4, -0.2) is 47.8 Å². The minimum absolute atomic E-state index is 0.0642. The van der Waals surface area contributed by atoms with Gasteiger partial charge in [-0.05, 0) is 48.7 Å². The maximum Gasteiger partial charge on any atom is 0.253 e. The van der Waals surface area contributed by atoms with Crippen LogP contribution in [0.5, 0.6) is 0 Å². The summed E-state index contributed by atoms with van der Waals surface area (Å²) in [6, 6.07) is 17.3. The lowest BCUT2D eigenvalue weighted by molar-refractivity contribution is -0.130. The van der Waals surface area contributed by atoms with Gasteiger partial charge in [0.15, 0.2) is 0 Å². The molecular weight excluding hydrogens is 416 g/mol. The van der Waals surface area contributed by atoms with E-state index in [9.17, 15) is 9.59 Å². The number of halogens is 1. The third kappa shape index (κ3) is 4.04. The predicted molar refractivity (Wildman–Crippen MR) is 114 cm³/mol.